The molecule has 0 unspecified atom stereocenters. The molecule has 0 fully saturated rings. The van der Waals surface area contributed by atoms with Crippen LogP contribution in [0.25, 0.3) is 0 Å². The Morgan fingerprint density at radius 2 is 2.40 bits per heavy atom. The number of carbonyl (C=O) groups excluding carboxylic acids is 1. The number of allylic oxidation sites excluding steroid dienone is 1. The van der Waals surface area contributed by atoms with E-state index in [2.05, 4.69) is 17.5 Å². The highest BCUT2D eigenvalue weighted by Gasteiger charge is 2.19. The lowest BCUT2D eigenvalue weighted by molar-refractivity contribution is 0.253. The highest BCUT2D eigenvalue weighted by molar-refractivity contribution is 8.13. The number of hydrogen-bond acceptors (Lipinski definition) is 3. The van der Waals surface area contributed by atoms with Crippen molar-refractivity contribution >= 4 is 17.0 Å². The molecule has 3 nitrogen and oxygen atoms in total. The van der Waals surface area contributed by atoms with Gasteiger partial charge in [-0.3, -0.25) is 4.79 Å². The Balaban J connectivity index is 2.43. The lowest BCUT2D eigenvalue weighted by atomic mass is 9.97. The highest BCUT2D eigenvalue weighted by atomic mass is 32.2. The summed E-state index contributed by atoms with van der Waals surface area (Å²) in [7, 11) is 0. The molecule has 3 N–H and O–H groups in total. The normalized spacial score (nSPS) is 28.9. The van der Waals surface area contributed by atoms with Crippen LogP contribution >= 0.6 is 11.8 Å². The Morgan fingerprint density at radius 3 is 3.13 bits per heavy atom. The van der Waals surface area contributed by atoms with Gasteiger partial charge in [-0.25, -0.2) is 0 Å². The van der Waals surface area contributed by atoms with E-state index in [0.717, 1.165) is 31.4 Å². The van der Waals surface area contributed by atoms with Crippen LogP contribution in [0.15, 0.2) is 12.2 Å². The van der Waals surface area contributed by atoms with Crippen molar-refractivity contribution in [3.05, 3.63) is 12.2 Å². The fourth-order valence-corrected chi connectivity index (χ4v) is 2.21. The van der Waals surface area contributed by atoms with Gasteiger partial charge in [0, 0.05) is 12.1 Å². The van der Waals surface area contributed by atoms with E-state index in [1.54, 1.807) is 0 Å². The van der Waals surface area contributed by atoms with Crippen molar-refractivity contribution in [1.29, 1.82) is 0 Å². The molecule has 4 heteroatoms. The molecule has 15 heavy (non-hydrogen) atoms. The Hall–Kier alpha value is -0.480. The van der Waals surface area contributed by atoms with Gasteiger partial charge in [0.05, 0.1) is 0 Å². The third kappa shape index (κ3) is 4.71. The first-order chi connectivity index (χ1) is 7.24. The van der Waals surface area contributed by atoms with Crippen LogP contribution in [0.5, 0.6) is 0 Å². The van der Waals surface area contributed by atoms with E-state index in [1.165, 1.54) is 11.8 Å². The number of nitrogens with two attached hydrogens (primary N) is 1. The van der Waals surface area contributed by atoms with Gasteiger partial charge in [0.2, 0.25) is 0 Å². The smallest absolute Gasteiger partial charge is 0.279 e. The van der Waals surface area contributed by atoms with E-state index in [4.69, 9.17) is 5.73 Å². The lowest BCUT2D eigenvalue weighted by Gasteiger charge is -2.25. The van der Waals surface area contributed by atoms with Gasteiger partial charge >= 0.3 is 0 Å². The van der Waals surface area contributed by atoms with Crippen LogP contribution in [0.4, 0.5) is 4.79 Å². The maximum Gasteiger partial charge on any atom is 0.279 e. The maximum absolute atomic E-state index is 11.4. The minimum atomic E-state index is 0.0579. The average molecular weight is 228 g/mol. The number of hydrogen-bond donors (Lipinski definition) is 2. The summed E-state index contributed by atoms with van der Waals surface area (Å²) >= 11 is 1.32. The van der Waals surface area contributed by atoms with Crippen LogP contribution in [0.3, 0.4) is 0 Å². The number of thioether (sulfide) groups is 1. The molecule has 0 radical (unpaired) electrons. The van der Waals surface area contributed by atoms with Gasteiger partial charge in [-0.15, -0.1) is 0 Å². The summed E-state index contributed by atoms with van der Waals surface area (Å²) < 4.78 is 0. The zero-order valence-electron chi connectivity index (χ0n) is 9.24. The summed E-state index contributed by atoms with van der Waals surface area (Å²) in [5, 5.41) is 3.06. The van der Waals surface area contributed by atoms with Crippen LogP contribution in [0, 0.1) is 0 Å². The summed E-state index contributed by atoms with van der Waals surface area (Å²) in [6.07, 6.45) is 8.35. The third-order valence-electron chi connectivity index (χ3n) is 2.56. The summed E-state index contributed by atoms with van der Waals surface area (Å²) in [5.41, 5.74) is 6.02. The summed E-state index contributed by atoms with van der Waals surface area (Å²) in [5.74, 6) is 0.813. The van der Waals surface area contributed by atoms with Crippen LogP contribution in [0.2, 0.25) is 0 Å². The molecule has 1 rings (SSSR count). The van der Waals surface area contributed by atoms with Crippen LogP contribution < -0.4 is 11.1 Å². The average Bonchev–Trinajstić information content (AvgIpc) is 2.18. The predicted octanol–water partition coefficient (Wildman–Crippen LogP) is 2.28. The minimum Gasteiger partial charge on any atom is -0.343 e. The largest absolute Gasteiger partial charge is 0.343 e. The van der Waals surface area contributed by atoms with Gasteiger partial charge in [0.1, 0.15) is 0 Å². The first-order valence-electron chi connectivity index (χ1n) is 5.58. The molecule has 0 heterocycles. The van der Waals surface area contributed by atoms with Crippen LogP contribution in [-0.2, 0) is 0 Å². The predicted molar refractivity (Wildman–Crippen MR) is 66.0 cm³/mol. The lowest BCUT2D eigenvalue weighted by Crippen LogP contribution is -2.46. The molecule has 1 amide bonds. The van der Waals surface area contributed by atoms with Crippen molar-refractivity contribution in [3.8, 4) is 0 Å². The Morgan fingerprint density at radius 1 is 1.60 bits per heavy atom. The molecule has 0 aromatic heterocycles. The zero-order valence-corrected chi connectivity index (χ0v) is 10.1. The molecule has 0 spiro atoms. The molecule has 1 aliphatic carbocycles. The number of rotatable bonds is 2. The number of nitrogens with one attached hydrogen (secondary N) is 1. The second kappa shape index (κ2) is 6.90. The number of amides is 1. The minimum absolute atomic E-state index is 0.0579. The second-order valence-electron chi connectivity index (χ2n) is 3.77. The summed E-state index contributed by atoms with van der Waals surface area (Å²) in [4.78, 5) is 11.4. The molecule has 0 aromatic rings. The second-order valence-corrected chi connectivity index (χ2v) is 5.01. The Bertz CT molecular complexity index is 231. The van der Waals surface area contributed by atoms with Crippen LogP contribution in [-0.4, -0.2) is 23.1 Å². The summed E-state index contributed by atoms with van der Waals surface area (Å²) in [6.45, 7) is 1.98. The van der Waals surface area contributed by atoms with Crippen molar-refractivity contribution in [2.45, 2.75) is 44.7 Å². The van der Waals surface area contributed by atoms with Gasteiger partial charge in [-0.05, 0) is 31.4 Å². The molecule has 0 saturated heterocycles. The molecule has 1 aliphatic rings. The number of carbonyl (C=O) groups is 1. The SMILES string of the molecule is CCSC(=O)N[C@@H]1CCC/C=C/C[C@@H]1N. The Kier molecular flexibility index (Phi) is 5.79. The Labute approximate surface area is 95.9 Å². The zero-order chi connectivity index (χ0) is 11.1. The van der Waals surface area contributed by atoms with Gasteiger partial charge < -0.3 is 11.1 Å². The quantitative estimate of drug-likeness (QED) is 0.713. The van der Waals surface area contributed by atoms with Gasteiger partial charge in [-0.2, -0.15) is 0 Å². The van der Waals surface area contributed by atoms with E-state index in [0.29, 0.717) is 0 Å². The monoisotopic (exact) mass is 228 g/mol. The fourth-order valence-electron chi connectivity index (χ4n) is 1.71. The van der Waals surface area contributed by atoms with Crippen molar-refractivity contribution in [2.75, 3.05) is 5.75 Å². The topological polar surface area (TPSA) is 55.1 Å². The molecule has 0 saturated carbocycles. The van der Waals surface area contributed by atoms with Gasteiger partial charge in [0.25, 0.3) is 5.24 Å². The van der Waals surface area contributed by atoms with E-state index < -0.39 is 0 Å². The molecular formula is C11H20N2OS. The molecule has 86 valence electrons. The first-order valence-corrected chi connectivity index (χ1v) is 6.56. The maximum atomic E-state index is 11.4. The highest BCUT2D eigenvalue weighted by Crippen LogP contribution is 2.13. The molecule has 2 atom stereocenters. The molecule has 0 aromatic carbocycles. The molecule has 0 aliphatic heterocycles. The van der Waals surface area contributed by atoms with Gasteiger partial charge in [0.15, 0.2) is 0 Å². The summed E-state index contributed by atoms with van der Waals surface area (Å²) in [6, 6.07) is 0.199. The fraction of sp³-hybridized carbons (Fsp3) is 0.727. The van der Waals surface area contributed by atoms with E-state index >= 15 is 0 Å². The van der Waals surface area contributed by atoms with Crippen molar-refractivity contribution in [3.63, 3.8) is 0 Å². The first kappa shape index (κ1) is 12.6. The van der Waals surface area contributed by atoms with E-state index in [9.17, 15) is 4.79 Å². The molecule has 0 bridgehead atoms. The van der Waals surface area contributed by atoms with Crippen molar-refractivity contribution in [1.82, 2.24) is 5.32 Å². The van der Waals surface area contributed by atoms with Crippen LogP contribution in [0.1, 0.15) is 32.6 Å². The standard InChI is InChI=1S/C11H20N2OS/c1-2-15-11(14)13-10-8-6-4-3-5-7-9(10)12/h3,5,9-10H,2,4,6-8,12H2,1H3,(H,13,14)/b5-3+/t9-,10+/m0/s1. The van der Waals surface area contributed by atoms with Crippen molar-refractivity contribution < 1.29 is 4.79 Å². The van der Waals surface area contributed by atoms with Gasteiger partial charge in [-0.1, -0.05) is 30.8 Å². The third-order valence-corrected chi connectivity index (χ3v) is 3.23. The van der Waals surface area contributed by atoms with Crippen molar-refractivity contribution in [2.24, 2.45) is 5.73 Å². The molecular weight excluding hydrogens is 208 g/mol. The van der Waals surface area contributed by atoms with E-state index in [1.807, 2.05) is 6.92 Å². The van der Waals surface area contributed by atoms with E-state index in [-0.39, 0.29) is 17.3 Å².